The minimum atomic E-state index is -4.93. The van der Waals surface area contributed by atoms with E-state index in [4.69, 9.17) is 0 Å². The third-order valence-electron chi connectivity index (χ3n) is 2.43. The SMILES string of the molecule is CCOC(=O)Cc1cc(C(F)F)c(C(F)(F)F)c(C)n1. The summed E-state index contributed by atoms with van der Waals surface area (Å²) in [5.41, 5.74) is -3.40. The van der Waals surface area contributed by atoms with Gasteiger partial charge >= 0.3 is 12.1 Å². The molecule has 0 saturated heterocycles. The molecule has 0 fully saturated rings. The fraction of sp³-hybridized carbons (Fsp3) is 0.500. The molecule has 0 aliphatic heterocycles. The van der Waals surface area contributed by atoms with Crippen LogP contribution >= 0.6 is 0 Å². The lowest BCUT2D eigenvalue weighted by atomic mass is 10.0. The predicted octanol–water partition coefficient (Wildman–Crippen LogP) is 3.45. The van der Waals surface area contributed by atoms with E-state index in [1.54, 1.807) is 6.92 Å². The molecule has 0 unspecified atom stereocenters. The third-order valence-corrected chi connectivity index (χ3v) is 2.43. The van der Waals surface area contributed by atoms with E-state index in [1.807, 2.05) is 0 Å². The van der Waals surface area contributed by atoms with Gasteiger partial charge in [-0.15, -0.1) is 0 Å². The maximum Gasteiger partial charge on any atom is 0.418 e. The second kappa shape index (κ2) is 6.15. The Bertz CT molecular complexity index is 499. The zero-order chi connectivity index (χ0) is 15.5. The molecule has 0 radical (unpaired) electrons. The average molecular weight is 297 g/mol. The monoisotopic (exact) mass is 297 g/mol. The molecular formula is C12H12F5NO2. The summed E-state index contributed by atoms with van der Waals surface area (Å²) in [6.07, 6.45) is -8.69. The van der Waals surface area contributed by atoms with Gasteiger partial charge in [-0.25, -0.2) is 8.78 Å². The lowest BCUT2D eigenvalue weighted by Crippen LogP contribution is -2.16. The van der Waals surface area contributed by atoms with E-state index < -0.39 is 41.8 Å². The van der Waals surface area contributed by atoms with Crippen molar-refractivity contribution in [2.24, 2.45) is 0 Å². The molecule has 8 heteroatoms. The van der Waals surface area contributed by atoms with Crippen molar-refractivity contribution in [1.82, 2.24) is 4.98 Å². The number of esters is 1. The number of ether oxygens (including phenoxy) is 1. The van der Waals surface area contributed by atoms with Crippen molar-refractivity contribution >= 4 is 5.97 Å². The second-order valence-corrected chi connectivity index (χ2v) is 3.94. The van der Waals surface area contributed by atoms with Crippen molar-refractivity contribution in [3.63, 3.8) is 0 Å². The summed E-state index contributed by atoms with van der Waals surface area (Å²) < 4.78 is 68.3. The molecule has 0 bridgehead atoms. The number of alkyl halides is 5. The van der Waals surface area contributed by atoms with Gasteiger partial charge in [-0.05, 0) is 19.9 Å². The Balaban J connectivity index is 3.24. The van der Waals surface area contributed by atoms with Gasteiger partial charge in [0.15, 0.2) is 0 Å². The van der Waals surface area contributed by atoms with Crippen molar-refractivity contribution in [2.45, 2.75) is 32.9 Å². The van der Waals surface area contributed by atoms with Crippen molar-refractivity contribution in [3.05, 3.63) is 28.6 Å². The zero-order valence-electron chi connectivity index (χ0n) is 10.7. The Labute approximate surface area is 111 Å². The highest BCUT2D eigenvalue weighted by Crippen LogP contribution is 2.38. The number of hydrogen-bond acceptors (Lipinski definition) is 3. The normalized spacial score (nSPS) is 11.8. The smallest absolute Gasteiger partial charge is 0.418 e. The Morgan fingerprint density at radius 2 is 2.00 bits per heavy atom. The topological polar surface area (TPSA) is 39.2 Å². The molecule has 0 atom stereocenters. The van der Waals surface area contributed by atoms with Crippen LogP contribution in [0.4, 0.5) is 22.0 Å². The van der Waals surface area contributed by atoms with E-state index in [2.05, 4.69) is 9.72 Å². The van der Waals surface area contributed by atoms with Crippen molar-refractivity contribution < 1.29 is 31.5 Å². The first kappa shape index (κ1) is 16.3. The first-order chi connectivity index (χ1) is 9.16. The van der Waals surface area contributed by atoms with Gasteiger partial charge in [-0.3, -0.25) is 9.78 Å². The third kappa shape index (κ3) is 3.88. The molecule has 0 saturated carbocycles. The summed E-state index contributed by atoms with van der Waals surface area (Å²) in [4.78, 5) is 14.8. The van der Waals surface area contributed by atoms with Gasteiger partial charge in [0.1, 0.15) is 0 Å². The van der Waals surface area contributed by atoms with Crippen LogP contribution in [-0.2, 0) is 22.1 Å². The second-order valence-electron chi connectivity index (χ2n) is 3.94. The lowest BCUT2D eigenvalue weighted by molar-refractivity contribution is -0.142. The van der Waals surface area contributed by atoms with Crippen LogP contribution < -0.4 is 0 Å². The van der Waals surface area contributed by atoms with Gasteiger partial charge in [-0.2, -0.15) is 13.2 Å². The fourth-order valence-electron chi connectivity index (χ4n) is 1.76. The van der Waals surface area contributed by atoms with Gasteiger partial charge in [0.25, 0.3) is 6.43 Å². The summed E-state index contributed by atoms with van der Waals surface area (Å²) in [5, 5.41) is 0. The Morgan fingerprint density at radius 1 is 1.40 bits per heavy atom. The van der Waals surface area contributed by atoms with Crippen LogP contribution in [0.2, 0.25) is 0 Å². The molecule has 0 aliphatic carbocycles. The summed E-state index contributed by atoms with van der Waals surface area (Å²) in [5.74, 6) is -0.737. The maximum atomic E-state index is 12.8. The largest absolute Gasteiger partial charge is 0.466 e. The molecule has 0 aromatic carbocycles. The number of hydrogen-bond donors (Lipinski definition) is 0. The number of carbonyl (C=O) groups is 1. The van der Waals surface area contributed by atoms with E-state index in [0.29, 0.717) is 6.07 Å². The van der Waals surface area contributed by atoms with Crippen molar-refractivity contribution in [3.8, 4) is 0 Å². The molecule has 1 aromatic rings. The maximum absolute atomic E-state index is 12.8. The van der Waals surface area contributed by atoms with Crippen molar-refractivity contribution in [1.29, 1.82) is 0 Å². The molecule has 0 N–H and O–H groups in total. The van der Waals surface area contributed by atoms with Crippen molar-refractivity contribution in [2.75, 3.05) is 6.61 Å². The number of nitrogens with zero attached hydrogens (tertiary/aromatic N) is 1. The highest BCUT2D eigenvalue weighted by Gasteiger charge is 2.38. The van der Waals surface area contributed by atoms with Gasteiger partial charge in [0.05, 0.1) is 30.0 Å². The summed E-state index contributed by atoms with van der Waals surface area (Å²) >= 11 is 0. The molecule has 20 heavy (non-hydrogen) atoms. The molecule has 3 nitrogen and oxygen atoms in total. The Hall–Kier alpha value is -1.73. The van der Waals surface area contributed by atoms with E-state index in [-0.39, 0.29) is 12.3 Å². The first-order valence-electron chi connectivity index (χ1n) is 5.68. The molecule has 1 rings (SSSR count). The Kier molecular flexibility index (Phi) is 5.02. The zero-order valence-corrected chi connectivity index (χ0v) is 10.7. The fourth-order valence-corrected chi connectivity index (χ4v) is 1.76. The quantitative estimate of drug-likeness (QED) is 0.631. The minimum absolute atomic E-state index is 0.0835. The highest BCUT2D eigenvalue weighted by molar-refractivity contribution is 5.72. The standard InChI is InChI=1S/C12H12F5NO2/c1-3-20-9(19)5-7-4-8(11(13)14)10(6(2)18-7)12(15,16)17/h4,11H,3,5H2,1-2H3. The molecule has 0 amide bonds. The summed E-state index contributed by atoms with van der Waals surface area (Å²) in [6.45, 7) is 2.61. The van der Waals surface area contributed by atoms with Crippen LogP contribution in [0.15, 0.2) is 6.07 Å². The molecule has 1 heterocycles. The Morgan fingerprint density at radius 3 is 2.45 bits per heavy atom. The highest BCUT2D eigenvalue weighted by atomic mass is 19.4. The number of pyridine rings is 1. The minimum Gasteiger partial charge on any atom is -0.466 e. The summed E-state index contributed by atoms with van der Waals surface area (Å²) in [7, 11) is 0. The van der Waals surface area contributed by atoms with Crippen LogP contribution in [-0.4, -0.2) is 17.6 Å². The summed E-state index contributed by atoms with van der Waals surface area (Å²) in [6, 6.07) is 0.595. The number of aryl methyl sites for hydroxylation is 1. The van der Waals surface area contributed by atoms with Gasteiger partial charge < -0.3 is 4.74 Å². The molecule has 0 spiro atoms. The van der Waals surface area contributed by atoms with E-state index >= 15 is 0 Å². The molecular weight excluding hydrogens is 285 g/mol. The van der Waals surface area contributed by atoms with Crippen LogP contribution in [0.5, 0.6) is 0 Å². The molecule has 1 aromatic heterocycles. The van der Waals surface area contributed by atoms with Gasteiger partial charge in [0, 0.05) is 5.56 Å². The van der Waals surface area contributed by atoms with E-state index in [0.717, 1.165) is 6.92 Å². The van der Waals surface area contributed by atoms with Gasteiger partial charge in [0.2, 0.25) is 0 Å². The van der Waals surface area contributed by atoms with Crippen LogP contribution in [0.25, 0.3) is 0 Å². The number of rotatable bonds is 4. The molecule has 0 aliphatic rings. The number of halogens is 5. The van der Waals surface area contributed by atoms with E-state index in [9.17, 15) is 26.7 Å². The van der Waals surface area contributed by atoms with Crippen LogP contribution in [0, 0.1) is 6.92 Å². The number of aromatic nitrogens is 1. The van der Waals surface area contributed by atoms with Crippen LogP contribution in [0.1, 0.15) is 35.9 Å². The first-order valence-corrected chi connectivity index (χ1v) is 5.68. The average Bonchev–Trinajstić information content (AvgIpc) is 2.26. The van der Waals surface area contributed by atoms with Crippen LogP contribution in [0.3, 0.4) is 0 Å². The van der Waals surface area contributed by atoms with E-state index in [1.165, 1.54) is 0 Å². The predicted molar refractivity (Wildman–Crippen MR) is 59.3 cm³/mol. The van der Waals surface area contributed by atoms with Gasteiger partial charge in [-0.1, -0.05) is 0 Å². The lowest BCUT2D eigenvalue weighted by Gasteiger charge is -2.16. The number of carbonyl (C=O) groups excluding carboxylic acids is 1. The molecule has 112 valence electrons.